The molecule has 0 bridgehead atoms. The van der Waals surface area contributed by atoms with Gasteiger partial charge in [-0.25, -0.2) is 0 Å². The van der Waals surface area contributed by atoms with Crippen molar-refractivity contribution >= 4 is 21.8 Å². The van der Waals surface area contributed by atoms with E-state index in [1.165, 1.54) is 6.07 Å². The molecule has 0 spiro atoms. The number of phenolic OH excluding ortho intramolecular Hbond substituents is 1. The number of hydrogen-bond donors (Lipinski definition) is 2. The summed E-state index contributed by atoms with van der Waals surface area (Å²) in [6, 6.07) is 5.12. The zero-order valence-corrected chi connectivity index (χ0v) is 12.9. The first-order valence-electron chi connectivity index (χ1n) is 6.76. The molecule has 1 aliphatic carbocycles. The molecule has 3 atom stereocenters. The van der Waals surface area contributed by atoms with Gasteiger partial charge in [0.1, 0.15) is 5.75 Å². The van der Waals surface area contributed by atoms with Crippen molar-refractivity contribution in [3.63, 3.8) is 0 Å². The number of carbonyl (C=O) groups is 1. The molecule has 0 saturated heterocycles. The maximum absolute atomic E-state index is 12.2. The van der Waals surface area contributed by atoms with Gasteiger partial charge in [0, 0.05) is 10.5 Å². The maximum atomic E-state index is 12.2. The lowest BCUT2D eigenvalue weighted by molar-refractivity contribution is 0.0897. The molecule has 1 aromatic rings. The van der Waals surface area contributed by atoms with Crippen molar-refractivity contribution in [2.24, 2.45) is 11.8 Å². The smallest absolute Gasteiger partial charge is 0.255 e. The minimum atomic E-state index is -0.190. The molecule has 0 radical (unpaired) electrons. The van der Waals surface area contributed by atoms with Gasteiger partial charge < -0.3 is 10.4 Å². The summed E-state index contributed by atoms with van der Waals surface area (Å²) in [7, 11) is 0. The summed E-state index contributed by atoms with van der Waals surface area (Å²) in [5, 5.41) is 12.8. The number of rotatable bonds is 2. The molecule has 104 valence electrons. The zero-order chi connectivity index (χ0) is 14.0. The minimum Gasteiger partial charge on any atom is -0.507 e. The van der Waals surface area contributed by atoms with E-state index in [1.807, 2.05) is 0 Å². The van der Waals surface area contributed by atoms with E-state index in [9.17, 15) is 9.90 Å². The third kappa shape index (κ3) is 3.50. The largest absolute Gasteiger partial charge is 0.507 e. The molecule has 4 heteroatoms. The molecular formula is C15H20BrNO2. The summed E-state index contributed by atoms with van der Waals surface area (Å²) in [5.74, 6) is 1.06. The van der Waals surface area contributed by atoms with Crippen LogP contribution in [-0.2, 0) is 0 Å². The molecule has 1 fully saturated rings. The fourth-order valence-electron chi connectivity index (χ4n) is 2.82. The Morgan fingerprint density at radius 1 is 1.37 bits per heavy atom. The van der Waals surface area contributed by atoms with E-state index >= 15 is 0 Å². The molecule has 1 aliphatic rings. The van der Waals surface area contributed by atoms with Gasteiger partial charge in [-0.05, 0) is 49.3 Å². The fourth-order valence-corrected chi connectivity index (χ4v) is 3.18. The highest BCUT2D eigenvalue weighted by Crippen LogP contribution is 2.29. The quantitative estimate of drug-likeness (QED) is 0.870. The van der Waals surface area contributed by atoms with Crippen molar-refractivity contribution in [1.29, 1.82) is 0 Å². The third-order valence-corrected chi connectivity index (χ3v) is 4.44. The number of amides is 1. The molecule has 2 rings (SSSR count). The molecule has 3 nitrogen and oxygen atoms in total. The van der Waals surface area contributed by atoms with Crippen LogP contribution in [0.3, 0.4) is 0 Å². The van der Waals surface area contributed by atoms with Crippen molar-refractivity contribution in [3.8, 4) is 5.75 Å². The maximum Gasteiger partial charge on any atom is 0.255 e. The number of halogens is 1. The lowest BCUT2D eigenvalue weighted by atomic mass is 9.80. The summed E-state index contributed by atoms with van der Waals surface area (Å²) >= 11 is 3.32. The molecule has 1 amide bonds. The Morgan fingerprint density at radius 3 is 2.79 bits per heavy atom. The summed E-state index contributed by atoms with van der Waals surface area (Å²) < 4.78 is 0.792. The van der Waals surface area contributed by atoms with Crippen molar-refractivity contribution in [2.45, 2.75) is 39.2 Å². The number of nitrogens with one attached hydrogen (secondary N) is 1. The van der Waals surface area contributed by atoms with Crippen LogP contribution in [0.15, 0.2) is 22.7 Å². The second-order valence-electron chi connectivity index (χ2n) is 5.64. The molecule has 19 heavy (non-hydrogen) atoms. The van der Waals surface area contributed by atoms with E-state index in [1.54, 1.807) is 12.1 Å². The van der Waals surface area contributed by atoms with Gasteiger partial charge in [0.2, 0.25) is 0 Å². The average Bonchev–Trinajstić information content (AvgIpc) is 2.35. The normalized spacial score (nSPS) is 27.0. The van der Waals surface area contributed by atoms with Crippen LogP contribution in [0.5, 0.6) is 5.75 Å². The molecule has 2 N–H and O–H groups in total. The Balaban J connectivity index is 2.06. The number of phenols is 1. The van der Waals surface area contributed by atoms with Gasteiger partial charge in [-0.15, -0.1) is 0 Å². The highest BCUT2D eigenvalue weighted by atomic mass is 79.9. The Kier molecular flexibility index (Phi) is 4.50. The Morgan fingerprint density at radius 2 is 2.11 bits per heavy atom. The highest BCUT2D eigenvalue weighted by molar-refractivity contribution is 9.10. The predicted octanol–water partition coefficient (Wildman–Crippen LogP) is 3.71. The second kappa shape index (κ2) is 5.95. The molecule has 1 saturated carbocycles. The van der Waals surface area contributed by atoms with Crippen LogP contribution in [-0.4, -0.2) is 17.1 Å². The Bertz CT molecular complexity index is 475. The van der Waals surface area contributed by atoms with Crippen molar-refractivity contribution in [3.05, 3.63) is 28.2 Å². The Hall–Kier alpha value is -1.03. The van der Waals surface area contributed by atoms with E-state index in [-0.39, 0.29) is 17.7 Å². The number of aromatic hydroxyl groups is 1. The summed E-state index contributed by atoms with van der Waals surface area (Å²) in [4.78, 5) is 12.2. The lowest BCUT2D eigenvalue weighted by Gasteiger charge is -2.33. The van der Waals surface area contributed by atoms with E-state index in [2.05, 4.69) is 35.1 Å². The van der Waals surface area contributed by atoms with Gasteiger partial charge in [-0.3, -0.25) is 4.79 Å². The lowest BCUT2D eigenvalue weighted by Crippen LogP contribution is -2.42. The molecular weight excluding hydrogens is 306 g/mol. The zero-order valence-electron chi connectivity index (χ0n) is 11.3. The summed E-state index contributed by atoms with van der Waals surface area (Å²) in [6.45, 7) is 4.44. The van der Waals surface area contributed by atoms with Crippen LogP contribution in [0.25, 0.3) is 0 Å². The molecule has 0 aliphatic heterocycles. The molecule has 0 aromatic heterocycles. The van der Waals surface area contributed by atoms with Gasteiger partial charge in [-0.1, -0.05) is 29.8 Å². The summed E-state index contributed by atoms with van der Waals surface area (Å²) in [5.41, 5.74) is 0.334. The van der Waals surface area contributed by atoms with Crippen LogP contribution in [0.2, 0.25) is 0 Å². The second-order valence-corrected chi connectivity index (χ2v) is 6.55. The van der Waals surface area contributed by atoms with Crippen LogP contribution in [0, 0.1) is 11.8 Å². The predicted molar refractivity (Wildman–Crippen MR) is 79.2 cm³/mol. The minimum absolute atomic E-state index is 0.0255. The van der Waals surface area contributed by atoms with Crippen LogP contribution in [0.4, 0.5) is 0 Å². The van der Waals surface area contributed by atoms with Gasteiger partial charge in [0.25, 0.3) is 5.91 Å². The number of carbonyl (C=O) groups excluding carboxylic acids is 1. The first-order chi connectivity index (χ1) is 8.97. The highest BCUT2D eigenvalue weighted by Gasteiger charge is 2.27. The topological polar surface area (TPSA) is 49.3 Å². The first kappa shape index (κ1) is 14.4. The number of hydrogen-bond acceptors (Lipinski definition) is 2. The Labute approximate surface area is 122 Å². The third-order valence-electron chi connectivity index (χ3n) is 3.95. The molecule has 3 unspecified atom stereocenters. The van der Waals surface area contributed by atoms with Crippen molar-refractivity contribution in [2.75, 3.05) is 0 Å². The summed E-state index contributed by atoms with van der Waals surface area (Å²) in [6.07, 6.45) is 3.32. The van der Waals surface area contributed by atoms with E-state index in [0.717, 1.165) is 29.7 Å². The monoisotopic (exact) mass is 325 g/mol. The standard InChI is InChI=1S/C15H20BrNO2/c1-9-3-5-13(10(2)7-9)17-15(19)12-8-11(16)4-6-14(12)18/h4,6,8-10,13,18H,3,5,7H2,1-2H3,(H,17,19). The van der Waals surface area contributed by atoms with Gasteiger partial charge in [0.05, 0.1) is 5.56 Å². The van der Waals surface area contributed by atoms with E-state index < -0.39 is 0 Å². The van der Waals surface area contributed by atoms with Crippen LogP contribution < -0.4 is 5.32 Å². The van der Waals surface area contributed by atoms with Crippen LogP contribution >= 0.6 is 15.9 Å². The van der Waals surface area contributed by atoms with E-state index in [0.29, 0.717) is 11.5 Å². The van der Waals surface area contributed by atoms with Crippen molar-refractivity contribution < 1.29 is 9.90 Å². The SMILES string of the molecule is CC1CCC(NC(=O)c2cc(Br)ccc2O)C(C)C1. The first-order valence-corrected chi connectivity index (χ1v) is 7.56. The molecule has 0 heterocycles. The van der Waals surface area contributed by atoms with Crippen molar-refractivity contribution in [1.82, 2.24) is 5.32 Å². The average molecular weight is 326 g/mol. The van der Waals surface area contributed by atoms with Crippen LogP contribution in [0.1, 0.15) is 43.5 Å². The number of benzene rings is 1. The van der Waals surface area contributed by atoms with Gasteiger partial charge in [0.15, 0.2) is 0 Å². The molecule has 1 aromatic carbocycles. The fraction of sp³-hybridized carbons (Fsp3) is 0.533. The van der Waals surface area contributed by atoms with Gasteiger partial charge >= 0.3 is 0 Å². The van der Waals surface area contributed by atoms with E-state index in [4.69, 9.17) is 0 Å². The van der Waals surface area contributed by atoms with Gasteiger partial charge in [-0.2, -0.15) is 0 Å².